The maximum Gasteiger partial charge on any atom is 0.149 e. The number of nitrogen functional groups attached to an aromatic ring is 1. The summed E-state index contributed by atoms with van der Waals surface area (Å²) >= 11 is 0. The molecule has 0 aliphatic carbocycles. The van der Waals surface area contributed by atoms with Crippen LogP contribution in [0.4, 0.5) is 11.5 Å². The first kappa shape index (κ1) is 12.2. The number of aryl methyl sites for hydroxylation is 1. The minimum atomic E-state index is 0.661. The van der Waals surface area contributed by atoms with Crippen molar-refractivity contribution in [2.45, 2.75) is 13.5 Å². The SMILES string of the molecule is COc1ccc(CNc2nc(C)ccc2N)cc1. The van der Waals surface area contributed by atoms with Crippen LogP contribution in [0.3, 0.4) is 0 Å². The molecule has 4 heteroatoms. The van der Waals surface area contributed by atoms with Crippen LogP contribution in [0.2, 0.25) is 0 Å². The minimum Gasteiger partial charge on any atom is -0.497 e. The molecule has 0 bridgehead atoms. The number of aromatic nitrogens is 1. The van der Waals surface area contributed by atoms with Crippen LogP contribution in [0.25, 0.3) is 0 Å². The Balaban J connectivity index is 2.04. The Morgan fingerprint density at radius 2 is 1.89 bits per heavy atom. The maximum absolute atomic E-state index is 5.85. The average molecular weight is 243 g/mol. The Labute approximate surface area is 107 Å². The van der Waals surface area contributed by atoms with Crippen molar-refractivity contribution in [2.24, 2.45) is 0 Å². The van der Waals surface area contributed by atoms with E-state index in [9.17, 15) is 0 Å². The normalized spacial score (nSPS) is 10.1. The quantitative estimate of drug-likeness (QED) is 0.866. The van der Waals surface area contributed by atoms with Crippen LogP contribution in [0, 0.1) is 6.92 Å². The van der Waals surface area contributed by atoms with Crippen molar-refractivity contribution < 1.29 is 4.74 Å². The number of rotatable bonds is 4. The number of methoxy groups -OCH3 is 1. The number of pyridine rings is 1. The third kappa shape index (κ3) is 2.91. The van der Waals surface area contributed by atoms with E-state index < -0.39 is 0 Å². The minimum absolute atomic E-state index is 0.661. The first-order chi connectivity index (χ1) is 8.69. The predicted octanol–water partition coefficient (Wildman–Crippen LogP) is 2.59. The lowest BCUT2D eigenvalue weighted by molar-refractivity contribution is 0.414. The highest BCUT2D eigenvalue weighted by Gasteiger charge is 2.01. The molecule has 0 saturated carbocycles. The molecule has 18 heavy (non-hydrogen) atoms. The molecule has 0 amide bonds. The lowest BCUT2D eigenvalue weighted by atomic mass is 10.2. The van der Waals surface area contributed by atoms with Crippen molar-refractivity contribution in [3.8, 4) is 5.75 Å². The van der Waals surface area contributed by atoms with Gasteiger partial charge in [-0.15, -0.1) is 0 Å². The zero-order valence-electron chi connectivity index (χ0n) is 10.6. The lowest BCUT2D eigenvalue weighted by Crippen LogP contribution is -2.05. The van der Waals surface area contributed by atoms with Crippen molar-refractivity contribution in [2.75, 3.05) is 18.2 Å². The molecule has 0 aliphatic heterocycles. The molecule has 1 aromatic heterocycles. The van der Waals surface area contributed by atoms with E-state index in [1.54, 1.807) is 7.11 Å². The predicted molar refractivity (Wildman–Crippen MR) is 73.7 cm³/mol. The van der Waals surface area contributed by atoms with Crippen LogP contribution in [0.5, 0.6) is 5.75 Å². The Kier molecular flexibility index (Phi) is 3.67. The van der Waals surface area contributed by atoms with Gasteiger partial charge in [0.1, 0.15) is 11.6 Å². The second-order valence-electron chi connectivity index (χ2n) is 4.09. The number of ether oxygens (including phenoxy) is 1. The summed E-state index contributed by atoms with van der Waals surface area (Å²) < 4.78 is 5.11. The molecule has 1 heterocycles. The zero-order chi connectivity index (χ0) is 13.0. The van der Waals surface area contributed by atoms with Gasteiger partial charge in [-0.2, -0.15) is 0 Å². The fourth-order valence-electron chi connectivity index (χ4n) is 1.64. The van der Waals surface area contributed by atoms with E-state index in [2.05, 4.69) is 10.3 Å². The molecule has 0 atom stereocenters. The Morgan fingerprint density at radius 1 is 1.17 bits per heavy atom. The maximum atomic E-state index is 5.85. The number of nitrogens with zero attached hydrogens (tertiary/aromatic N) is 1. The Bertz CT molecular complexity index is 523. The summed E-state index contributed by atoms with van der Waals surface area (Å²) in [7, 11) is 1.66. The van der Waals surface area contributed by atoms with E-state index in [4.69, 9.17) is 10.5 Å². The first-order valence-electron chi connectivity index (χ1n) is 5.79. The molecule has 3 N–H and O–H groups in total. The molecule has 2 rings (SSSR count). The van der Waals surface area contributed by atoms with Crippen LogP contribution in [-0.2, 0) is 6.54 Å². The number of nitrogens with one attached hydrogen (secondary N) is 1. The molecular weight excluding hydrogens is 226 g/mol. The lowest BCUT2D eigenvalue weighted by Gasteiger charge is -2.09. The highest BCUT2D eigenvalue weighted by Crippen LogP contribution is 2.17. The molecule has 0 saturated heterocycles. The molecule has 94 valence electrons. The van der Waals surface area contributed by atoms with Crippen molar-refractivity contribution in [3.63, 3.8) is 0 Å². The van der Waals surface area contributed by atoms with Gasteiger partial charge in [0.2, 0.25) is 0 Å². The summed E-state index contributed by atoms with van der Waals surface area (Å²) in [5, 5.41) is 3.23. The summed E-state index contributed by atoms with van der Waals surface area (Å²) in [5.41, 5.74) is 8.61. The first-order valence-corrected chi connectivity index (χ1v) is 5.79. The van der Waals surface area contributed by atoms with Gasteiger partial charge < -0.3 is 15.8 Å². The van der Waals surface area contributed by atoms with Crippen LogP contribution in [0.1, 0.15) is 11.3 Å². The van der Waals surface area contributed by atoms with Gasteiger partial charge in [-0.3, -0.25) is 0 Å². The van der Waals surface area contributed by atoms with E-state index in [-0.39, 0.29) is 0 Å². The fraction of sp³-hybridized carbons (Fsp3) is 0.214. The van der Waals surface area contributed by atoms with Crippen molar-refractivity contribution >= 4 is 11.5 Å². The van der Waals surface area contributed by atoms with E-state index in [0.717, 1.165) is 22.8 Å². The number of hydrogen-bond acceptors (Lipinski definition) is 4. The van der Waals surface area contributed by atoms with Gasteiger partial charge in [0, 0.05) is 12.2 Å². The van der Waals surface area contributed by atoms with Gasteiger partial charge in [-0.1, -0.05) is 12.1 Å². The van der Waals surface area contributed by atoms with Crippen LogP contribution in [-0.4, -0.2) is 12.1 Å². The molecule has 0 radical (unpaired) electrons. The van der Waals surface area contributed by atoms with Crippen molar-refractivity contribution in [3.05, 3.63) is 47.7 Å². The monoisotopic (exact) mass is 243 g/mol. The van der Waals surface area contributed by atoms with E-state index in [0.29, 0.717) is 12.2 Å². The van der Waals surface area contributed by atoms with Gasteiger partial charge in [0.15, 0.2) is 0 Å². The molecule has 0 unspecified atom stereocenters. The molecule has 0 fully saturated rings. The summed E-state index contributed by atoms with van der Waals surface area (Å²) in [5.74, 6) is 1.58. The zero-order valence-corrected chi connectivity index (χ0v) is 10.6. The smallest absolute Gasteiger partial charge is 0.149 e. The summed E-state index contributed by atoms with van der Waals surface area (Å²) in [6.07, 6.45) is 0. The topological polar surface area (TPSA) is 60.2 Å². The Morgan fingerprint density at radius 3 is 2.56 bits per heavy atom. The fourth-order valence-corrected chi connectivity index (χ4v) is 1.64. The number of hydrogen-bond donors (Lipinski definition) is 2. The highest BCUT2D eigenvalue weighted by atomic mass is 16.5. The van der Waals surface area contributed by atoms with Gasteiger partial charge in [0.25, 0.3) is 0 Å². The Hall–Kier alpha value is -2.23. The van der Waals surface area contributed by atoms with Gasteiger partial charge in [-0.25, -0.2) is 4.98 Å². The number of benzene rings is 1. The second-order valence-corrected chi connectivity index (χ2v) is 4.09. The molecule has 0 spiro atoms. The van der Waals surface area contributed by atoms with Crippen molar-refractivity contribution in [1.29, 1.82) is 0 Å². The number of nitrogens with two attached hydrogens (primary N) is 1. The van der Waals surface area contributed by atoms with E-state index >= 15 is 0 Å². The van der Waals surface area contributed by atoms with Crippen molar-refractivity contribution in [1.82, 2.24) is 4.98 Å². The molecular formula is C14H17N3O. The van der Waals surface area contributed by atoms with Crippen LogP contribution < -0.4 is 15.8 Å². The number of anilines is 2. The average Bonchev–Trinajstić information content (AvgIpc) is 2.40. The highest BCUT2D eigenvalue weighted by molar-refractivity contribution is 5.61. The van der Waals surface area contributed by atoms with Crippen LogP contribution >= 0.6 is 0 Å². The van der Waals surface area contributed by atoms with Gasteiger partial charge >= 0.3 is 0 Å². The molecule has 1 aromatic carbocycles. The van der Waals surface area contributed by atoms with E-state index in [1.165, 1.54) is 0 Å². The summed E-state index contributed by atoms with van der Waals surface area (Å²) in [6.45, 7) is 2.63. The van der Waals surface area contributed by atoms with Gasteiger partial charge in [0.05, 0.1) is 12.8 Å². The molecule has 2 aromatic rings. The third-order valence-electron chi connectivity index (χ3n) is 2.68. The summed E-state index contributed by atoms with van der Waals surface area (Å²) in [6, 6.07) is 11.6. The molecule has 0 aliphatic rings. The third-order valence-corrected chi connectivity index (χ3v) is 2.68. The van der Waals surface area contributed by atoms with Crippen LogP contribution in [0.15, 0.2) is 36.4 Å². The molecule has 4 nitrogen and oxygen atoms in total. The standard InChI is InChI=1S/C14H17N3O/c1-10-3-8-13(15)14(17-10)16-9-11-4-6-12(18-2)7-5-11/h3-8H,9,15H2,1-2H3,(H,16,17). The van der Waals surface area contributed by atoms with E-state index in [1.807, 2.05) is 43.3 Å². The largest absolute Gasteiger partial charge is 0.497 e. The van der Waals surface area contributed by atoms with Gasteiger partial charge in [-0.05, 0) is 36.8 Å². The second kappa shape index (κ2) is 5.40. The summed E-state index contributed by atoms with van der Waals surface area (Å²) in [4.78, 5) is 4.36.